The topological polar surface area (TPSA) is 52.6 Å². The van der Waals surface area contributed by atoms with Gasteiger partial charge in [-0.05, 0) is 11.1 Å². The molecular weight excluding hydrogens is 304 g/mol. The van der Waals surface area contributed by atoms with Gasteiger partial charge in [0.25, 0.3) is 0 Å². The standard InChI is InChI=1S/C20H20O4/c21-19(23-15-13-17-7-3-1-4-8-17)11-12-20(22)24-16-14-18-9-5-2-6-10-18/h1-12H,13-16H2/b12-11-. The van der Waals surface area contributed by atoms with Crippen molar-refractivity contribution in [2.75, 3.05) is 13.2 Å². The Hall–Kier alpha value is -2.88. The lowest BCUT2D eigenvalue weighted by molar-refractivity contribution is -0.140. The van der Waals surface area contributed by atoms with Gasteiger partial charge in [0.2, 0.25) is 0 Å². The van der Waals surface area contributed by atoms with Crippen LogP contribution >= 0.6 is 0 Å². The van der Waals surface area contributed by atoms with Crippen LogP contribution in [0.2, 0.25) is 0 Å². The van der Waals surface area contributed by atoms with E-state index in [1.165, 1.54) is 0 Å². The molecule has 4 heteroatoms. The predicted octanol–water partition coefficient (Wildman–Crippen LogP) is 3.11. The monoisotopic (exact) mass is 324 g/mol. The van der Waals surface area contributed by atoms with Crippen molar-refractivity contribution in [2.24, 2.45) is 0 Å². The smallest absolute Gasteiger partial charge is 0.331 e. The minimum absolute atomic E-state index is 0.274. The zero-order chi connectivity index (χ0) is 17.0. The molecule has 0 amide bonds. The molecule has 0 radical (unpaired) electrons. The van der Waals surface area contributed by atoms with Crippen LogP contribution in [-0.4, -0.2) is 25.2 Å². The maximum Gasteiger partial charge on any atom is 0.331 e. The summed E-state index contributed by atoms with van der Waals surface area (Å²) < 4.78 is 10.1. The summed E-state index contributed by atoms with van der Waals surface area (Å²) in [5.74, 6) is -1.10. The second-order valence-corrected chi connectivity index (χ2v) is 5.14. The SMILES string of the molecule is O=C(/C=C\C(=O)OCCc1ccccc1)OCCc1ccccc1. The van der Waals surface area contributed by atoms with Crippen molar-refractivity contribution in [3.8, 4) is 0 Å². The first-order valence-corrected chi connectivity index (χ1v) is 7.83. The number of carbonyl (C=O) groups is 2. The first-order chi connectivity index (χ1) is 11.7. The first-order valence-electron chi connectivity index (χ1n) is 7.83. The lowest BCUT2D eigenvalue weighted by atomic mass is 10.2. The highest BCUT2D eigenvalue weighted by molar-refractivity contribution is 5.91. The van der Waals surface area contributed by atoms with Crippen molar-refractivity contribution in [2.45, 2.75) is 12.8 Å². The van der Waals surface area contributed by atoms with Crippen LogP contribution in [0.15, 0.2) is 72.8 Å². The summed E-state index contributed by atoms with van der Waals surface area (Å²) in [5.41, 5.74) is 2.18. The molecule has 0 fully saturated rings. The van der Waals surface area contributed by atoms with Gasteiger partial charge in [0.15, 0.2) is 0 Å². The fourth-order valence-corrected chi connectivity index (χ4v) is 2.06. The van der Waals surface area contributed by atoms with E-state index < -0.39 is 11.9 Å². The third-order valence-corrected chi connectivity index (χ3v) is 3.31. The van der Waals surface area contributed by atoms with Gasteiger partial charge >= 0.3 is 11.9 Å². The molecule has 24 heavy (non-hydrogen) atoms. The number of carbonyl (C=O) groups excluding carboxylic acids is 2. The summed E-state index contributed by atoms with van der Waals surface area (Å²) in [6.07, 6.45) is 3.47. The average molecular weight is 324 g/mol. The van der Waals surface area contributed by atoms with Gasteiger partial charge < -0.3 is 9.47 Å². The Morgan fingerprint density at radius 2 is 1.04 bits per heavy atom. The number of esters is 2. The van der Waals surface area contributed by atoms with Gasteiger partial charge in [-0.25, -0.2) is 9.59 Å². The quantitative estimate of drug-likeness (QED) is 0.553. The van der Waals surface area contributed by atoms with Crippen molar-refractivity contribution in [1.82, 2.24) is 0 Å². The maximum atomic E-state index is 11.5. The third kappa shape index (κ3) is 6.92. The van der Waals surface area contributed by atoms with Gasteiger partial charge in [0.1, 0.15) is 0 Å². The normalized spacial score (nSPS) is 10.5. The number of ether oxygens (including phenoxy) is 2. The molecule has 0 aliphatic carbocycles. The summed E-state index contributed by atoms with van der Waals surface area (Å²) in [6.45, 7) is 0.548. The molecule has 0 aromatic heterocycles. The molecule has 0 saturated carbocycles. The van der Waals surface area contributed by atoms with E-state index in [1.54, 1.807) is 0 Å². The summed E-state index contributed by atoms with van der Waals surface area (Å²) >= 11 is 0. The largest absolute Gasteiger partial charge is 0.462 e. The molecule has 0 aliphatic heterocycles. The minimum atomic E-state index is -0.550. The molecule has 2 aromatic rings. The Bertz CT molecular complexity index is 603. The molecule has 0 bridgehead atoms. The van der Waals surface area contributed by atoms with Crippen molar-refractivity contribution < 1.29 is 19.1 Å². The molecule has 0 atom stereocenters. The Morgan fingerprint density at radius 1 is 0.667 bits per heavy atom. The fourth-order valence-electron chi connectivity index (χ4n) is 2.06. The highest BCUT2D eigenvalue weighted by Crippen LogP contribution is 2.01. The highest BCUT2D eigenvalue weighted by Gasteiger charge is 2.02. The Morgan fingerprint density at radius 3 is 1.42 bits per heavy atom. The molecular formula is C20H20O4. The van der Waals surface area contributed by atoms with Crippen LogP contribution in [0.5, 0.6) is 0 Å². The Labute approximate surface area is 141 Å². The first kappa shape index (κ1) is 17.5. The molecule has 0 N–H and O–H groups in total. The predicted molar refractivity (Wildman–Crippen MR) is 91.4 cm³/mol. The van der Waals surface area contributed by atoms with Gasteiger partial charge in [-0.1, -0.05) is 60.7 Å². The van der Waals surface area contributed by atoms with Crippen molar-refractivity contribution in [1.29, 1.82) is 0 Å². The molecule has 124 valence electrons. The van der Waals surface area contributed by atoms with Crippen LogP contribution in [0.4, 0.5) is 0 Å². The van der Waals surface area contributed by atoms with Crippen molar-refractivity contribution in [3.05, 3.63) is 83.9 Å². The number of rotatable bonds is 8. The average Bonchev–Trinajstić information content (AvgIpc) is 2.62. The summed E-state index contributed by atoms with van der Waals surface area (Å²) in [7, 11) is 0. The van der Waals surface area contributed by atoms with Crippen molar-refractivity contribution in [3.63, 3.8) is 0 Å². The zero-order valence-corrected chi connectivity index (χ0v) is 13.4. The van der Waals surface area contributed by atoms with Gasteiger partial charge in [-0.3, -0.25) is 0 Å². The molecule has 0 heterocycles. The molecule has 0 aliphatic rings. The van der Waals surface area contributed by atoms with Crippen molar-refractivity contribution >= 4 is 11.9 Å². The van der Waals surface area contributed by atoms with Gasteiger partial charge in [0.05, 0.1) is 13.2 Å². The lowest BCUT2D eigenvalue weighted by Gasteiger charge is -2.03. The van der Waals surface area contributed by atoms with E-state index >= 15 is 0 Å². The molecule has 0 unspecified atom stereocenters. The molecule has 0 saturated heterocycles. The van der Waals surface area contributed by atoms with Crippen LogP contribution in [0.25, 0.3) is 0 Å². The van der Waals surface area contributed by atoms with Gasteiger partial charge in [-0.2, -0.15) is 0 Å². The molecule has 0 spiro atoms. The number of hydrogen-bond acceptors (Lipinski definition) is 4. The van der Waals surface area contributed by atoms with Crippen LogP contribution in [0, 0.1) is 0 Å². The van der Waals surface area contributed by atoms with E-state index in [9.17, 15) is 9.59 Å². The molecule has 4 nitrogen and oxygen atoms in total. The summed E-state index contributed by atoms with van der Waals surface area (Å²) in [5, 5.41) is 0. The van der Waals surface area contributed by atoms with Crippen LogP contribution < -0.4 is 0 Å². The third-order valence-electron chi connectivity index (χ3n) is 3.31. The van der Waals surface area contributed by atoms with Crippen LogP contribution in [-0.2, 0) is 31.9 Å². The van der Waals surface area contributed by atoms with E-state index in [0.717, 1.165) is 23.3 Å². The Kier molecular flexibility index (Phi) is 7.28. The summed E-state index contributed by atoms with van der Waals surface area (Å²) in [6, 6.07) is 19.5. The fraction of sp³-hybridized carbons (Fsp3) is 0.200. The van der Waals surface area contributed by atoms with E-state index in [1.807, 2.05) is 60.7 Å². The van der Waals surface area contributed by atoms with E-state index in [-0.39, 0.29) is 13.2 Å². The minimum Gasteiger partial charge on any atom is -0.462 e. The Balaban J connectivity index is 1.61. The van der Waals surface area contributed by atoms with E-state index in [2.05, 4.69) is 0 Å². The van der Waals surface area contributed by atoms with Gasteiger partial charge in [0, 0.05) is 25.0 Å². The molecule has 2 rings (SSSR count). The second kappa shape index (κ2) is 10.0. The summed E-state index contributed by atoms with van der Waals surface area (Å²) in [4.78, 5) is 23.0. The van der Waals surface area contributed by atoms with E-state index in [0.29, 0.717) is 12.8 Å². The number of hydrogen-bond donors (Lipinski definition) is 0. The molecule has 2 aromatic carbocycles. The lowest BCUT2D eigenvalue weighted by Crippen LogP contribution is -2.08. The number of benzene rings is 2. The highest BCUT2D eigenvalue weighted by atomic mass is 16.5. The van der Waals surface area contributed by atoms with E-state index in [4.69, 9.17) is 9.47 Å². The maximum absolute atomic E-state index is 11.5. The van der Waals surface area contributed by atoms with Gasteiger partial charge in [-0.15, -0.1) is 0 Å². The van der Waals surface area contributed by atoms with Crippen LogP contribution in [0.1, 0.15) is 11.1 Å². The second-order valence-electron chi connectivity index (χ2n) is 5.14. The zero-order valence-electron chi connectivity index (χ0n) is 13.4. The van der Waals surface area contributed by atoms with Crippen LogP contribution in [0.3, 0.4) is 0 Å².